The number of carbonyl (C=O) groups excluding carboxylic acids is 1. The fourth-order valence-corrected chi connectivity index (χ4v) is 2.35. The Balaban J connectivity index is 1.83. The topological polar surface area (TPSA) is 90.1 Å². The number of nitrogens with one attached hydrogen (secondary N) is 1. The van der Waals surface area contributed by atoms with Gasteiger partial charge in [0, 0.05) is 23.4 Å². The van der Waals surface area contributed by atoms with E-state index >= 15 is 0 Å². The second-order valence-corrected chi connectivity index (χ2v) is 5.25. The summed E-state index contributed by atoms with van der Waals surface area (Å²) in [5.41, 5.74) is 1.49. The van der Waals surface area contributed by atoms with E-state index in [1.807, 2.05) is 0 Å². The van der Waals surface area contributed by atoms with Crippen LogP contribution in [0, 0.1) is 16.0 Å². The Bertz CT molecular complexity index is 727. The summed E-state index contributed by atoms with van der Waals surface area (Å²) >= 11 is 5.89. The lowest BCUT2D eigenvalue weighted by Crippen LogP contribution is -2.20. The van der Waals surface area contributed by atoms with Gasteiger partial charge in [0.05, 0.1) is 11.0 Å². The van der Waals surface area contributed by atoms with E-state index in [1.165, 1.54) is 0 Å². The number of benzene rings is 1. The van der Waals surface area contributed by atoms with Gasteiger partial charge in [0.2, 0.25) is 17.9 Å². The normalized spacial score (nSPS) is 20.9. The summed E-state index contributed by atoms with van der Waals surface area (Å²) in [5.74, 6) is -0.564. The number of nitro groups is 1. The van der Waals surface area contributed by atoms with Crippen LogP contribution in [0.2, 0.25) is 5.02 Å². The van der Waals surface area contributed by atoms with Gasteiger partial charge in [-0.1, -0.05) is 11.6 Å². The summed E-state index contributed by atoms with van der Waals surface area (Å²) in [6.07, 6.45) is 0.286. The molecule has 0 unspecified atom stereocenters. The van der Waals surface area contributed by atoms with Crippen LogP contribution in [0.25, 0.3) is 11.0 Å². The molecule has 0 spiro atoms. The molecule has 1 heterocycles. The summed E-state index contributed by atoms with van der Waals surface area (Å²) in [4.78, 5) is 26.3. The van der Waals surface area contributed by atoms with Gasteiger partial charge in [0.1, 0.15) is 5.92 Å². The maximum atomic E-state index is 11.9. The second-order valence-electron chi connectivity index (χ2n) is 4.81. The Morgan fingerprint density at radius 3 is 3.00 bits per heavy atom. The van der Waals surface area contributed by atoms with Crippen LogP contribution in [0.1, 0.15) is 6.42 Å². The number of rotatable bonds is 3. The first kappa shape index (κ1) is 12.9. The molecule has 7 nitrogen and oxygen atoms in total. The fraction of sp³-hybridized carbons (Fsp3) is 0.333. The molecule has 104 valence electrons. The van der Waals surface area contributed by atoms with Crippen molar-refractivity contribution < 1.29 is 9.72 Å². The number of aryl methyl sites for hydroxylation is 1. The number of halogens is 1. The van der Waals surface area contributed by atoms with Crippen LogP contribution in [-0.4, -0.2) is 26.4 Å². The number of hydrogen-bond acceptors (Lipinski definition) is 4. The van der Waals surface area contributed by atoms with Crippen molar-refractivity contribution in [2.45, 2.75) is 12.5 Å². The molecule has 1 aliphatic carbocycles. The zero-order valence-corrected chi connectivity index (χ0v) is 11.3. The lowest BCUT2D eigenvalue weighted by Gasteiger charge is -2.03. The van der Waals surface area contributed by atoms with Crippen LogP contribution >= 0.6 is 11.6 Å². The lowest BCUT2D eigenvalue weighted by atomic mass is 10.3. The molecule has 2 aromatic rings. The van der Waals surface area contributed by atoms with Gasteiger partial charge in [-0.3, -0.25) is 20.2 Å². The van der Waals surface area contributed by atoms with Crippen molar-refractivity contribution in [2.24, 2.45) is 13.0 Å². The molecule has 1 saturated carbocycles. The smallest absolute Gasteiger partial charge is 0.237 e. The highest BCUT2D eigenvalue weighted by atomic mass is 35.5. The highest BCUT2D eigenvalue weighted by Crippen LogP contribution is 2.34. The van der Waals surface area contributed by atoms with E-state index < -0.39 is 16.9 Å². The van der Waals surface area contributed by atoms with E-state index in [2.05, 4.69) is 10.3 Å². The van der Waals surface area contributed by atoms with Gasteiger partial charge >= 0.3 is 0 Å². The van der Waals surface area contributed by atoms with E-state index in [-0.39, 0.29) is 12.3 Å². The van der Waals surface area contributed by atoms with Gasteiger partial charge < -0.3 is 4.57 Å². The molecular formula is C12H11ClN4O3. The molecule has 1 fully saturated rings. The van der Waals surface area contributed by atoms with Crippen LogP contribution < -0.4 is 5.32 Å². The van der Waals surface area contributed by atoms with Gasteiger partial charge in [0.25, 0.3) is 0 Å². The molecule has 1 aromatic carbocycles. The Morgan fingerprint density at radius 1 is 1.60 bits per heavy atom. The first-order chi connectivity index (χ1) is 9.47. The summed E-state index contributed by atoms with van der Waals surface area (Å²) < 4.78 is 1.72. The van der Waals surface area contributed by atoms with E-state index in [0.717, 1.165) is 5.52 Å². The van der Waals surface area contributed by atoms with Crippen LogP contribution in [0.3, 0.4) is 0 Å². The fourth-order valence-electron chi connectivity index (χ4n) is 2.18. The van der Waals surface area contributed by atoms with Gasteiger partial charge in [0.15, 0.2) is 0 Å². The number of fused-ring (bicyclic) bond motifs is 1. The van der Waals surface area contributed by atoms with Crippen LogP contribution in [-0.2, 0) is 11.8 Å². The summed E-state index contributed by atoms with van der Waals surface area (Å²) in [5, 5.41) is 13.8. The van der Waals surface area contributed by atoms with E-state index in [0.29, 0.717) is 16.5 Å². The van der Waals surface area contributed by atoms with E-state index in [4.69, 9.17) is 11.6 Å². The summed E-state index contributed by atoms with van der Waals surface area (Å²) in [6.45, 7) is 0. The number of nitrogens with zero attached hydrogens (tertiary/aromatic N) is 3. The third-order valence-corrected chi connectivity index (χ3v) is 3.68. The third kappa shape index (κ3) is 2.09. The van der Waals surface area contributed by atoms with Crippen LogP contribution in [0.5, 0.6) is 0 Å². The number of aromatic nitrogens is 2. The van der Waals surface area contributed by atoms with Gasteiger partial charge in [-0.15, -0.1) is 0 Å². The van der Waals surface area contributed by atoms with Crippen molar-refractivity contribution in [3.8, 4) is 0 Å². The molecule has 1 aliphatic rings. The van der Waals surface area contributed by atoms with Crippen molar-refractivity contribution in [3.63, 3.8) is 0 Å². The summed E-state index contributed by atoms with van der Waals surface area (Å²) in [7, 11) is 1.76. The van der Waals surface area contributed by atoms with Crippen molar-refractivity contribution in [2.75, 3.05) is 5.32 Å². The van der Waals surface area contributed by atoms with Gasteiger partial charge in [-0.05, 0) is 18.2 Å². The molecule has 0 saturated heterocycles. The van der Waals surface area contributed by atoms with Crippen LogP contribution in [0.4, 0.5) is 5.95 Å². The predicted molar refractivity (Wildman–Crippen MR) is 73.2 cm³/mol. The number of anilines is 1. The van der Waals surface area contributed by atoms with Crippen molar-refractivity contribution in [3.05, 3.63) is 33.3 Å². The standard InChI is InChI=1S/C12H11ClN4O3/c1-16-9-3-2-6(13)4-8(9)14-12(16)15-11(18)7-5-10(7)17(19)20/h2-4,7,10H,5H2,1H3,(H,14,15,18)/t7-,10+/m1/s1. The molecule has 0 aliphatic heterocycles. The minimum atomic E-state index is -0.765. The Hall–Kier alpha value is -2.15. The molecule has 0 bridgehead atoms. The van der Waals surface area contributed by atoms with Crippen molar-refractivity contribution in [1.82, 2.24) is 9.55 Å². The molecule has 1 N–H and O–H groups in total. The number of imidazole rings is 1. The minimum absolute atomic E-state index is 0.286. The average Bonchev–Trinajstić information content (AvgIpc) is 3.12. The maximum absolute atomic E-state index is 11.9. The molecule has 2 atom stereocenters. The molecule has 8 heteroatoms. The largest absolute Gasteiger partial charge is 0.313 e. The highest BCUT2D eigenvalue weighted by Gasteiger charge is 2.53. The predicted octanol–water partition coefficient (Wildman–Crippen LogP) is 1.83. The van der Waals surface area contributed by atoms with Crippen molar-refractivity contribution >= 4 is 34.5 Å². The summed E-state index contributed by atoms with van der Waals surface area (Å²) in [6, 6.07) is 4.47. The Morgan fingerprint density at radius 2 is 2.35 bits per heavy atom. The molecule has 1 amide bonds. The SMILES string of the molecule is Cn1c(NC(=O)[C@@H]2C[C@@H]2[N+](=O)[O-])nc2cc(Cl)ccc21. The molecule has 0 radical (unpaired) electrons. The van der Waals surface area contributed by atoms with Gasteiger partial charge in [-0.25, -0.2) is 4.98 Å². The number of amides is 1. The minimum Gasteiger partial charge on any atom is -0.313 e. The third-order valence-electron chi connectivity index (χ3n) is 3.44. The molecule has 3 rings (SSSR count). The Labute approximate surface area is 118 Å². The van der Waals surface area contributed by atoms with Gasteiger partial charge in [-0.2, -0.15) is 0 Å². The molecule has 20 heavy (non-hydrogen) atoms. The van der Waals surface area contributed by atoms with Crippen molar-refractivity contribution in [1.29, 1.82) is 0 Å². The average molecular weight is 295 g/mol. The first-order valence-electron chi connectivity index (χ1n) is 6.03. The highest BCUT2D eigenvalue weighted by molar-refractivity contribution is 6.31. The van der Waals surface area contributed by atoms with E-state index in [9.17, 15) is 14.9 Å². The first-order valence-corrected chi connectivity index (χ1v) is 6.41. The number of hydrogen-bond donors (Lipinski definition) is 1. The van der Waals surface area contributed by atoms with E-state index in [1.54, 1.807) is 29.8 Å². The zero-order chi connectivity index (χ0) is 14.4. The molecule has 1 aromatic heterocycles. The Kier molecular flexibility index (Phi) is 2.86. The maximum Gasteiger partial charge on any atom is 0.237 e. The quantitative estimate of drug-likeness (QED) is 0.690. The lowest BCUT2D eigenvalue weighted by molar-refractivity contribution is -0.497. The monoisotopic (exact) mass is 294 g/mol. The van der Waals surface area contributed by atoms with Crippen LogP contribution in [0.15, 0.2) is 18.2 Å². The molecular weight excluding hydrogens is 284 g/mol. The second kappa shape index (κ2) is 4.45. The zero-order valence-electron chi connectivity index (χ0n) is 10.5. The number of carbonyl (C=O) groups is 1.